The Morgan fingerprint density at radius 3 is 2.63 bits per heavy atom. The monoisotopic (exact) mass is 254 g/mol. The molecule has 0 spiro atoms. The van der Waals surface area contributed by atoms with Crippen LogP contribution in [0.4, 0.5) is 5.82 Å². The second-order valence-electron chi connectivity index (χ2n) is 3.98. The Balaban J connectivity index is 1.97. The smallest absolute Gasteiger partial charge is 0.258 e. The van der Waals surface area contributed by atoms with Gasteiger partial charge in [0, 0.05) is 24.2 Å². The molecule has 7 nitrogen and oxygen atoms in total. The maximum Gasteiger partial charge on any atom is 0.258 e. The highest BCUT2D eigenvalue weighted by Crippen LogP contribution is 2.20. The van der Waals surface area contributed by atoms with E-state index >= 15 is 0 Å². The minimum Gasteiger partial charge on any atom is -0.384 e. The van der Waals surface area contributed by atoms with Crippen LogP contribution in [0.15, 0.2) is 35.2 Å². The summed E-state index contributed by atoms with van der Waals surface area (Å²) >= 11 is 0. The normalized spacial score (nSPS) is 10.6. The number of nitrogen functional groups attached to an aromatic ring is 1. The van der Waals surface area contributed by atoms with E-state index in [1.807, 2.05) is 6.92 Å². The van der Waals surface area contributed by atoms with E-state index in [1.54, 1.807) is 30.7 Å². The Morgan fingerprint density at radius 2 is 1.89 bits per heavy atom. The third kappa shape index (κ3) is 2.25. The molecule has 0 aliphatic carbocycles. The molecule has 19 heavy (non-hydrogen) atoms. The lowest BCUT2D eigenvalue weighted by atomic mass is 10.2. The molecule has 0 amide bonds. The predicted octanol–water partition coefficient (Wildman–Crippen LogP) is 1.48. The summed E-state index contributed by atoms with van der Waals surface area (Å²) in [6.07, 6.45) is 4.97. The van der Waals surface area contributed by atoms with Crippen LogP contribution >= 0.6 is 0 Å². The van der Waals surface area contributed by atoms with Crippen LogP contribution < -0.4 is 5.73 Å². The summed E-state index contributed by atoms with van der Waals surface area (Å²) in [5.74, 6) is 1.50. The first kappa shape index (κ1) is 11.3. The number of aromatic nitrogens is 5. The molecule has 0 saturated heterocycles. The number of rotatable bonds is 2. The van der Waals surface area contributed by atoms with Gasteiger partial charge in [-0.2, -0.15) is 4.98 Å². The van der Waals surface area contributed by atoms with E-state index in [-0.39, 0.29) is 0 Å². The fourth-order valence-corrected chi connectivity index (χ4v) is 1.52. The zero-order chi connectivity index (χ0) is 13.2. The molecule has 0 fully saturated rings. The van der Waals surface area contributed by atoms with Crippen molar-refractivity contribution in [2.24, 2.45) is 0 Å². The summed E-state index contributed by atoms with van der Waals surface area (Å²) in [4.78, 5) is 16.4. The zero-order valence-corrected chi connectivity index (χ0v) is 10.1. The van der Waals surface area contributed by atoms with Crippen molar-refractivity contribution in [2.45, 2.75) is 6.92 Å². The Morgan fingerprint density at radius 1 is 1.11 bits per heavy atom. The summed E-state index contributed by atoms with van der Waals surface area (Å²) in [7, 11) is 0. The van der Waals surface area contributed by atoms with Gasteiger partial charge in [0.05, 0.1) is 0 Å². The van der Waals surface area contributed by atoms with E-state index in [2.05, 4.69) is 25.1 Å². The molecule has 2 N–H and O–H groups in total. The van der Waals surface area contributed by atoms with Crippen molar-refractivity contribution in [3.63, 3.8) is 0 Å². The number of aryl methyl sites for hydroxylation is 1. The van der Waals surface area contributed by atoms with Crippen LogP contribution in [-0.4, -0.2) is 25.1 Å². The lowest BCUT2D eigenvalue weighted by Crippen LogP contribution is -1.91. The van der Waals surface area contributed by atoms with E-state index in [0.29, 0.717) is 28.9 Å². The summed E-state index contributed by atoms with van der Waals surface area (Å²) in [5.41, 5.74) is 7.28. The molecule has 0 radical (unpaired) electrons. The fourth-order valence-electron chi connectivity index (χ4n) is 1.52. The lowest BCUT2D eigenvalue weighted by Gasteiger charge is -1.94. The molecule has 0 saturated carbocycles. The molecule has 3 aromatic heterocycles. The summed E-state index contributed by atoms with van der Waals surface area (Å²) < 4.78 is 5.17. The van der Waals surface area contributed by atoms with Gasteiger partial charge in [0.1, 0.15) is 5.82 Å². The molecule has 0 aliphatic heterocycles. The van der Waals surface area contributed by atoms with Crippen molar-refractivity contribution in [3.8, 4) is 23.1 Å². The number of hydrogen-bond acceptors (Lipinski definition) is 7. The average molecular weight is 254 g/mol. The number of hydrogen-bond donors (Lipinski definition) is 1. The minimum absolute atomic E-state index is 0.338. The van der Waals surface area contributed by atoms with Gasteiger partial charge in [-0.05, 0) is 24.6 Å². The van der Waals surface area contributed by atoms with Gasteiger partial charge in [-0.3, -0.25) is 0 Å². The standard InChI is InChI=1S/C12H10N6O/c1-7-5-15-10(16-6-7)11-17-12(19-18-11)8-2-3-14-9(13)4-8/h2-6H,1H3,(H2,13,14). The van der Waals surface area contributed by atoms with Crippen LogP contribution in [0.25, 0.3) is 23.1 Å². The Hall–Kier alpha value is -2.83. The first-order valence-corrected chi connectivity index (χ1v) is 5.57. The molecular weight excluding hydrogens is 244 g/mol. The van der Waals surface area contributed by atoms with E-state index in [4.69, 9.17) is 10.3 Å². The number of anilines is 1. The van der Waals surface area contributed by atoms with E-state index in [0.717, 1.165) is 5.56 Å². The van der Waals surface area contributed by atoms with Crippen LogP contribution in [0.2, 0.25) is 0 Å². The van der Waals surface area contributed by atoms with E-state index in [9.17, 15) is 0 Å². The van der Waals surface area contributed by atoms with Gasteiger partial charge in [-0.1, -0.05) is 5.16 Å². The molecule has 7 heteroatoms. The highest BCUT2D eigenvalue weighted by atomic mass is 16.5. The quantitative estimate of drug-likeness (QED) is 0.738. The van der Waals surface area contributed by atoms with Crippen LogP contribution in [0, 0.1) is 6.92 Å². The molecule has 0 bridgehead atoms. The molecule has 3 heterocycles. The third-order valence-corrected chi connectivity index (χ3v) is 2.44. The number of nitrogens with zero attached hydrogens (tertiary/aromatic N) is 5. The van der Waals surface area contributed by atoms with Gasteiger partial charge in [-0.25, -0.2) is 15.0 Å². The van der Waals surface area contributed by atoms with Gasteiger partial charge < -0.3 is 10.3 Å². The second-order valence-corrected chi connectivity index (χ2v) is 3.98. The minimum atomic E-state index is 0.338. The molecule has 3 rings (SSSR count). The summed E-state index contributed by atoms with van der Waals surface area (Å²) in [6, 6.07) is 3.40. The van der Waals surface area contributed by atoms with Gasteiger partial charge in [0.15, 0.2) is 0 Å². The van der Waals surface area contributed by atoms with E-state index in [1.165, 1.54) is 0 Å². The molecule has 0 unspecified atom stereocenters. The Bertz CT molecular complexity index is 706. The van der Waals surface area contributed by atoms with Crippen molar-refractivity contribution < 1.29 is 4.52 Å². The highest BCUT2D eigenvalue weighted by molar-refractivity contribution is 5.58. The van der Waals surface area contributed by atoms with Gasteiger partial charge in [0.25, 0.3) is 5.89 Å². The fraction of sp³-hybridized carbons (Fsp3) is 0.0833. The molecule has 0 aliphatic rings. The Kier molecular flexibility index (Phi) is 2.64. The number of nitrogens with two attached hydrogens (primary N) is 1. The van der Waals surface area contributed by atoms with Gasteiger partial charge in [-0.15, -0.1) is 0 Å². The summed E-state index contributed by atoms with van der Waals surface area (Å²) in [5, 5.41) is 3.85. The van der Waals surface area contributed by atoms with Crippen molar-refractivity contribution >= 4 is 5.82 Å². The largest absolute Gasteiger partial charge is 0.384 e. The zero-order valence-electron chi connectivity index (χ0n) is 10.1. The predicted molar refractivity (Wildman–Crippen MR) is 67.7 cm³/mol. The average Bonchev–Trinajstić information content (AvgIpc) is 2.89. The maximum absolute atomic E-state index is 5.60. The first-order valence-electron chi connectivity index (χ1n) is 5.57. The van der Waals surface area contributed by atoms with Gasteiger partial charge in [0.2, 0.25) is 11.6 Å². The van der Waals surface area contributed by atoms with Crippen LogP contribution in [0.3, 0.4) is 0 Å². The van der Waals surface area contributed by atoms with Gasteiger partial charge >= 0.3 is 0 Å². The van der Waals surface area contributed by atoms with Crippen molar-refractivity contribution in [1.29, 1.82) is 0 Å². The summed E-state index contributed by atoms with van der Waals surface area (Å²) in [6.45, 7) is 1.91. The van der Waals surface area contributed by atoms with E-state index < -0.39 is 0 Å². The molecular formula is C12H10N6O. The first-order chi connectivity index (χ1) is 9.22. The maximum atomic E-state index is 5.60. The SMILES string of the molecule is Cc1cnc(-c2noc(-c3ccnc(N)c3)n2)nc1. The van der Waals surface area contributed by atoms with Crippen LogP contribution in [-0.2, 0) is 0 Å². The molecule has 3 aromatic rings. The topological polar surface area (TPSA) is 104 Å². The van der Waals surface area contributed by atoms with Crippen molar-refractivity contribution in [1.82, 2.24) is 25.1 Å². The Labute approximate surface area is 108 Å². The molecule has 0 atom stereocenters. The van der Waals surface area contributed by atoms with Crippen LogP contribution in [0.5, 0.6) is 0 Å². The van der Waals surface area contributed by atoms with Crippen molar-refractivity contribution in [3.05, 3.63) is 36.3 Å². The number of pyridine rings is 1. The molecule has 94 valence electrons. The highest BCUT2D eigenvalue weighted by Gasteiger charge is 2.12. The lowest BCUT2D eigenvalue weighted by molar-refractivity contribution is 0.432. The van der Waals surface area contributed by atoms with Crippen LogP contribution in [0.1, 0.15) is 5.56 Å². The van der Waals surface area contributed by atoms with Crippen molar-refractivity contribution in [2.75, 3.05) is 5.73 Å². The molecule has 0 aromatic carbocycles. The third-order valence-electron chi connectivity index (χ3n) is 2.44. The second kappa shape index (κ2) is 4.45.